The van der Waals surface area contributed by atoms with E-state index in [9.17, 15) is 0 Å². The van der Waals surface area contributed by atoms with E-state index >= 15 is 0 Å². The lowest BCUT2D eigenvalue weighted by atomic mass is 9.92. The Morgan fingerprint density at radius 1 is 1.00 bits per heavy atom. The number of halogens is 2. The van der Waals surface area contributed by atoms with Gasteiger partial charge in [0.2, 0.25) is 0 Å². The van der Waals surface area contributed by atoms with Gasteiger partial charge in [0.15, 0.2) is 0 Å². The monoisotopic (exact) mass is 277 g/mol. The lowest BCUT2D eigenvalue weighted by Gasteiger charge is -2.27. The van der Waals surface area contributed by atoms with Gasteiger partial charge in [-0.05, 0) is 29.2 Å². The van der Waals surface area contributed by atoms with E-state index in [1.54, 1.807) is 0 Å². The molecule has 2 aromatic carbocycles. The van der Waals surface area contributed by atoms with Gasteiger partial charge >= 0.3 is 0 Å². The summed E-state index contributed by atoms with van der Waals surface area (Å²) in [5, 5.41) is 4.88. The molecule has 18 heavy (non-hydrogen) atoms. The molecule has 0 bridgehead atoms. The van der Waals surface area contributed by atoms with Crippen molar-refractivity contribution in [3.05, 3.63) is 69.2 Å². The topological polar surface area (TPSA) is 12.0 Å². The first-order valence-corrected chi connectivity index (χ1v) is 6.75. The van der Waals surface area contributed by atoms with Gasteiger partial charge in [0.05, 0.1) is 10.0 Å². The molecule has 1 nitrogen and oxygen atoms in total. The minimum Gasteiger partial charge on any atom is -0.306 e. The van der Waals surface area contributed by atoms with Crippen LogP contribution in [0.4, 0.5) is 0 Å². The van der Waals surface area contributed by atoms with Gasteiger partial charge in [-0.2, -0.15) is 0 Å². The van der Waals surface area contributed by atoms with Crippen LogP contribution in [0.2, 0.25) is 10.0 Å². The SMILES string of the molecule is Clc1ccc2c(c1Cl)CC(c1ccccc1)NC2. The summed E-state index contributed by atoms with van der Waals surface area (Å²) in [4.78, 5) is 0. The number of hydrogen-bond donors (Lipinski definition) is 1. The van der Waals surface area contributed by atoms with Crippen molar-refractivity contribution < 1.29 is 0 Å². The molecule has 0 fully saturated rings. The van der Waals surface area contributed by atoms with Gasteiger partial charge in [-0.25, -0.2) is 0 Å². The quantitative estimate of drug-likeness (QED) is 0.816. The van der Waals surface area contributed by atoms with E-state index in [2.05, 4.69) is 35.6 Å². The molecule has 92 valence electrons. The summed E-state index contributed by atoms with van der Waals surface area (Å²) in [6, 6.07) is 14.7. The van der Waals surface area contributed by atoms with Crippen LogP contribution < -0.4 is 5.32 Å². The molecular weight excluding hydrogens is 265 g/mol. The van der Waals surface area contributed by atoms with Crippen molar-refractivity contribution in [1.29, 1.82) is 0 Å². The zero-order valence-corrected chi connectivity index (χ0v) is 11.3. The largest absolute Gasteiger partial charge is 0.306 e. The molecule has 0 aliphatic carbocycles. The van der Waals surface area contributed by atoms with Crippen molar-refractivity contribution in [2.24, 2.45) is 0 Å². The average Bonchev–Trinajstić information content (AvgIpc) is 2.44. The van der Waals surface area contributed by atoms with E-state index in [1.165, 1.54) is 16.7 Å². The third kappa shape index (κ3) is 2.14. The van der Waals surface area contributed by atoms with Gasteiger partial charge in [-0.15, -0.1) is 0 Å². The molecular formula is C15H13Cl2N. The van der Waals surface area contributed by atoms with E-state index in [-0.39, 0.29) is 0 Å². The van der Waals surface area contributed by atoms with Crippen LogP contribution in [0.5, 0.6) is 0 Å². The second-order valence-electron chi connectivity index (χ2n) is 4.55. The molecule has 1 atom stereocenters. The van der Waals surface area contributed by atoms with E-state index in [4.69, 9.17) is 23.2 Å². The molecule has 1 aliphatic rings. The van der Waals surface area contributed by atoms with Crippen LogP contribution in [0.3, 0.4) is 0 Å². The minimum absolute atomic E-state index is 0.315. The Bertz CT molecular complexity index is 566. The number of fused-ring (bicyclic) bond motifs is 1. The van der Waals surface area contributed by atoms with Gasteiger partial charge in [-0.3, -0.25) is 0 Å². The van der Waals surface area contributed by atoms with Crippen LogP contribution in [0.1, 0.15) is 22.7 Å². The first kappa shape index (κ1) is 12.0. The molecule has 0 amide bonds. The summed E-state index contributed by atoms with van der Waals surface area (Å²) in [7, 11) is 0. The molecule has 1 aliphatic heterocycles. The number of hydrogen-bond acceptors (Lipinski definition) is 1. The van der Waals surface area contributed by atoms with Crippen LogP contribution in [-0.4, -0.2) is 0 Å². The van der Waals surface area contributed by atoms with Crippen molar-refractivity contribution in [3.8, 4) is 0 Å². The normalized spacial score (nSPS) is 18.4. The van der Waals surface area contributed by atoms with Crippen molar-refractivity contribution in [3.63, 3.8) is 0 Å². The summed E-state index contributed by atoms with van der Waals surface area (Å²) in [5.41, 5.74) is 3.72. The van der Waals surface area contributed by atoms with E-state index in [0.29, 0.717) is 16.1 Å². The Morgan fingerprint density at radius 3 is 2.56 bits per heavy atom. The Hall–Kier alpha value is -1.02. The fraction of sp³-hybridized carbons (Fsp3) is 0.200. The second kappa shape index (κ2) is 4.93. The van der Waals surface area contributed by atoms with Crippen LogP contribution in [0.25, 0.3) is 0 Å². The molecule has 2 aromatic rings. The molecule has 1 heterocycles. The number of benzene rings is 2. The first-order chi connectivity index (χ1) is 8.75. The van der Waals surface area contributed by atoms with Gasteiger partial charge in [-0.1, -0.05) is 59.6 Å². The van der Waals surface area contributed by atoms with E-state index in [0.717, 1.165) is 13.0 Å². The van der Waals surface area contributed by atoms with Gasteiger partial charge in [0, 0.05) is 12.6 Å². The van der Waals surface area contributed by atoms with Crippen LogP contribution >= 0.6 is 23.2 Å². The van der Waals surface area contributed by atoms with E-state index in [1.807, 2.05) is 12.1 Å². The highest BCUT2D eigenvalue weighted by atomic mass is 35.5. The molecule has 0 saturated carbocycles. The van der Waals surface area contributed by atoms with Crippen molar-refractivity contribution in [2.45, 2.75) is 19.0 Å². The molecule has 3 rings (SSSR count). The van der Waals surface area contributed by atoms with Crippen LogP contribution in [-0.2, 0) is 13.0 Å². The maximum atomic E-state index is 6.30. The molecule has 1 unspecified atom stereocenters. The third-order valence-corrected chi connectivity index (χ3v) is 4.29. The summed E-state index contributed by atoms with van der Waals surface area (Å²) >= 11 is 12.4. The summed E-state index contributed by atoms with van der Waals surface area (Å²) < 4.78 is 0. The number of nitrogens with one attached hydrogen (secondary N) is 1. The summed E-state index contributed by atoms with van der Waals surface area (Å²) in [5.74, 6) is 0. The lowest BCUT2D eigenvalue weighted by Crippen LogP contribution is -2.28. The van der Waals surface area contributed by atoms with E-state index < -0.39 is 0 Å². The lowest BCUT2D eigenvalue weighted by molar-refractivity contribution is 0.499. The Morgan fingerprint density at radius 2 is 1.78 bits per heavy atom. The number of rotatable bonds is 1. The standard InChI is InChI=1S/C15H13Cl2N/c16-13-7-6-11-9-18-14(8-12(11)15(13)17)10-4-2-1-3-5-10/h1-7,14,18H,8-9H2. The summed E-state index contributed by atoms with van der Waals surface area (Å²) in [6.07, 6.45) is 0.888. The Balaban J connectivity index is 1.96. The fourth-order valence-corrected chi connectivity index (χ4v) is 2.89. The predicted molar refractivity (Wildman–Crippen MR) is 76.2 cm³/mol. The molecule has 0 aromatic heterocycles. The molecule has 0 spiro atoms. The van der Waals surface area contributed by atoms with Crippen LogP contribution in [0.15, 0.2) is 42.5 Å². The zero-order chi connectivity index (χ0) is 12.5. The second-order valence-corrected chi connectivity index (χ2v) is 5.33. The first-order valence-electron chi connectivity index (χ1n) is 6.00. The summed E-state index contributed by atoms with van der Waals surface area (Å²) in [6.45, 7) is 0.839. The third-order valence-electron chi connectivity index (χ3n) is 3.44. The van der Waals surface area contributed by atoms with Gasteiger partial charge in [0.1, 0.15) is 0 Å². The highest BCUT2D eigenvalue weighted by Crippen LogP contribution is 2.34. The van der Waals surface area contributed by atoms with Crippen molar-refractivity contribution in [1.82, 2.24) is 5.32 Å². The van der Waals surface area contributed by atoms with Crippen molar-refractivity contribution >= 4 is 23.2 Å². The smallest absolute Gasteiger partial charge is 0.0628 e. The highest BCUT2D eigenvalue weighted by molar-refractivity contribution is 6.42. The zero-order valence-electron chi connectivity index (χ0n) is 9.79. The molecule has 0 radical (unpaired) electrons. The Kier molecular flexibility index (Phi) is 3.29. The van der Waals surface area contributed by atoms with Crippen molar-refractivity contribution in [2.75, 3.05) is 0 Å². The fourth-order valence-electron chi connectivity index (χ4n) is 2.45. The van der Waals surface area contributed by atoms with Gasteiger partial charge in [0.25, 0.3) is 0 Å². The maximum absolute atomic E-state index is 6.30. The average molecular weight is 278 g/mol. The van der Waals surface area contributed by atoms with Crippen LogP contribution in [0, 0.1) is 0 Å². The maximum Gasteiger partial charge on any atom is 0.0628 e. The predicted octanol–water partition coefficient (Wildman–Crippen LogP) is 4.38. The highest BCUT2D eigenvalue weighted by Gasteiger charge is 2.22. The molecule has 1 N–H and O–H groups in total. The molecule has 3 heteroatoms. The van der Waals surface area contributed by atoms with Gasteiger partial charge < -0.3 is 5.32 Å². The minimum atomic E-state index is 0.315. The Labute approximate surface area is 117 Å². The molecule has 0 saturated heterocycles.